The molecule has 1 atom stereocenters. The number of thioether (sulfide) groups is 1. The summed E-state index contributed by atoms with van der Waals surface area (Å²) in [5.74, 6) is 0.527. The minimum atomic E-state index is -0.194. The zero-order valence-corrected chi connectivity index (χ0v) is 15.7. The fraction of sp³-hybridized carbons (Fsp3) is 0.300. The molecule has 0 spiro atoms. The standard InChI is InChI=1S/C20H22N2O3S/c1-3-17-20(24)22(15-9-5-7-11-18(15)26-17)13-19(23)21-12-14-8-4-6-10-16(14)25-2/h4-11,17H,3,12-13H2,1-2H3,(H,21,23)/t17-/m1/s1. The number of fused-ring (bicyclic) bond motifs is 1. The Morgan fingerprint density at radius 1 is 1.19 bits per heavy atom. The summed E-state index contributed by atoms with van der Waals surface area (Å²) >= 11 is 1.57. The van der Waals surface area contributed by atoms with E-state index in [9.17, 15) is 9.59 Å². The molecule has 1 N–H and O–H groups in total. The first-order chi connectivity index (χ1) is 12.6. The van der Waals surface area contributed by atoms with Crippen LogP contribution in [0.1, 0.15) is 18.9 Å². The zero-order valence-electron chi connectivity index (χ0n) is 14.9. The Morgan fingerprint density at radius 2 is 1.92 bits per heavy atom. The van der Waals surface area contributed by atoms with Gasteiger partial charge in [-0.15, -0.1) is 11.8 Å². The zero-order chi connectivity index (χ0) is 18.5. The molecule has 2 amide bonds. The lowest BCUT2D eigenvalue weighted by Gasteiger charge is -2.32. The second-order valence-corrected chi connectivity index (χ2v) is 7.24. The first-order valence-corrected chi connectivity index (χ1v) is 9.47. The third-order valence-electron chi connectivity index (χ3n) is 4.31. The summed E-state index contributed by atoms with van der Waals surface area (Å²) in [4.78, 5) is 27.8. The van der Waals surface area contributed by atoms with Gasteiger partial charge in [0.05, 0.1) is 18.0 Å². The summed E-state index contributed by atoms with van der Waals surface area (Å²) < 4.78 is 5.30. The van der Waals surface area contributed by atoms with Crippen molar-refractivity contribution in [1.82, 2.24) is 5.32 Å². The minimum absolute atomic E-state index is 0.0105. The van der Waals surface area contributed by atoms with Gasteiger partial charge in [-0.3, -0.25) is 9.59 Å². The summed E-state index contributed by atoms with van der Waals surface area (Å²) in [7, 11) is 1.60. The molecule has 1 aliphatic rings. The molecule has 2 aromatic carbocycles. The number of anilines is 1. The van der Waals surface area contributed by atoms with E-state index in [2.05, 4.69) is 5.32 Å². The van der Waals surface area contributed by atoms with Crippen molar-refractivity contribution < 1.29 is 14.3 Å². The predicted molar refractivity (Wildman–Crippen MR) is 104 cm³/mol. The van der Waals surface area contributed by atoms with Gasteiger partial charge in [-0.2, -0.15) is 0 Å². The number of benzene rings is 2. The number of rotatable bonds is 6. The van der Waals surface area contributed by atoms with Gasteiger partial charge >= 0.3 is 0 Å². The molecule has 0 aliphatic carbocycles. The summed E-state index contributed by atoms with van der Waals surface area (Å²) in [6, 6.07) is 15.3. The molecule has 0 aromatic heterocycles. The van der Waals surface area contributed by atoms with Crippen molar-refractivity contribution >= 4 is 29.3 Å². The number of carbonyl (C=O) groups excluding carboxylic acids is 2. The van der Waals surface area contributed by atoms with Crippen molar-refractivity contribution in [1.29, 1.82) is 0 Å². The van der Waals surface area contributed by atoms with E-state index in [0.717, 1.165) is 28.3 Å². The Morgan fingerprint density at radius 3 is 2.69 bits per heavy atom. The number of ether oxygens (including phenoxy) is 1. The molecule has 6 heteroatoms. The molecule has 136 valence electrons. The van der Waals surface area contributed by atoms with Crippen LogP contribution in [0.2, 0.25) is 0 Å². The topological polar surface area (TPSA) is 58.6 Å². The molecule has 5 nitrogen and oxygen atoms in total. The predicted octanol–water partition coefficient (Wildman–Crippen LogP) is 3.23. The van der Waals surface area contributed by atoms with Gasteiger partial charge < -0.3 is 15.0 Å². The number of hydrogen-bond donors (Lipinski definition) is 1. The van der Waals surface area contributed by atoms with Crippen molar-refractivity contribution in [2.75, 3.05) is 18.6 Å². The quantitative estimate of drug-likeness (QED) is 0.848. The van der Waals surface area contributed by atoms with Crippen molar-refractivity contribution in [2.45, 2.75) is 30.0 Å². The fourth-order valence-electron chi connectivity index (χ4n) is 2.94. The van der Waals surface area contributed by atoms with Crippen LogP contribution in [0.4, 0.5) is 5.69 Å². The molecule has 0 unspecified atom stereocenters. The Bertz CT molecular complexity index is 809. The van der Waals surface area contributed by atoms with E-state index in [1.54, 1.807) is 23.8 Å². The van der Waals surface area contributed by atoms with Crippen molar-refractivity contribution in [3.8, 4) is 5.75 Å². The monoisotopic (exact) mass is 370 g/mol. The van der Waals surface area contributed by atoms with Crippen LogP contribution in [-0.2, 0) is 16.1 Å². The molecular formula is C20H22N2O3S. The third-order valence-corrected chi connectivity index (χ3v) is 5.73. The Labute approximate surface area is 157 Å². The number of para-hydroxylation sites is 2. The van der Waals surface area contributed by atoms with Gasteiger partial charge in [0.25, 0.3) is 0 Å². The van der Waals surface area contributed by atoms with E-state index >= 15 is 0 Å². The highest BCUT2D eigenvalue weighted by Crippen LogP contribution is 2.39. The van der Waals surface area contributed by atoms with Gasteiger partial charge in [0, 0.05) is 17.0 Å². The average molecular weight is 370 g/mol. The van der Waals surface area contributed by atoms with Crippen LogP contribution in [0.15, 0.2) is 53.4 Å². The van der Waals surface area contributed by atoms with Gasteiger partial charge in [0.15, 0.2) is 0 Å². The van der Waals surface area contributed by atoms with Crippen molar-refractivity contribution in [3.05, 3.63) is 54.1 Å². The molecule has 0 bridgehead atoms. The van der Waals surface area contributed by atoms with E-state index in [0.29, 0.717) is 6.54 Å². The van der Waals surface area contributed by atoms with E-state index in [1.807, 2.05) is 55.5 Å². The number of hydrogen-bond acceptors (Lipinski definition) is 4. The highest BCUT2D eigenvalue weighted by atomic mass is 32.2. The van der Waals surface area contributed by atoms with Gasteiger partial charge in [-0.05, 0) is 24.6 Å². The second kappa shape index (κ2) is 8.27. The van der Waals surface area contributed by atoms with Crippen LogP contribution in [0, 0.1) is 0 Å². The Balaban J connectivity index is 1.71. The van der Waals surface area contributed by atoms with Gasteiger partial charge in [0.1, 0.15) is 12.3 Å². The van der Waals surface area contributed by atoms with E-state index < -0.39 is 0 Å². The molecule has 0 radical (unpaired) electrons. The molecule has 0 fully saturated rings. The highest BCUT2D eigenvalue weighted by molar-refractivity contribution is 8.01. The van der Waals surface area contributed by atoms with Crippen LogP contribution in [0.3, 0.4) is 0 Å². The lowest BCUT2D eigenvalue weighted by molar-refractivity contribution is -0.123. The van der Waals surface area contributed by atoms with Crippen LogP contribution in [-0.4, -0.2) is 30.7 Å². The minimum Gasteiger partial charge on any atom is -0.496 e. The molecular weight excluding hydrogens is 348 g/mol. The largest absolute Gasteiger partial charge is 0.496 e. The highest BCUT2D eigenvalue weighted by Gasteiger charge is 2.33. The molecule has 0 saturated carbocycles. The van der Waals surface area contributed by atoms with Crippen LogP contribution in [0.25, 0.3) is 0 Å². The van der Waals surface area contributed by atoms with E-state index in [4.69, 9.17) is 4.74 Å². The van der Waals surface area contributed by atoms with Gasteiger partial charge in [-0.1, -0.05) is 37.3 Å². The first kappa shape index (κ1) is 18.3. The molecule has 2 aromatic rings. The summed E-state index contributed by atoms with van der Waals surface area (Å²) in [6.45, 7) is 2.37. The third kappa shape index (κ3) is 3.85. The van der Waals surface area contributed by atoms with Crippen LogP contribution < -0.4 is 15.0 Å². The molecule has 1 aliphatic heterocycles. The van der Waals surface area contributed by atoms with Crippen molar-refractivity contribution in [3.63, 3.8) is 0 Å². The molecule has 26 heavy (non-hydrogen) atoms. The number of methoxy groups -OCH3 is 1. The average Bonchev–Trinajstić information content (AvgIpc) is 2.68. The van der Waals surface area contributed by atoms with E-state index in [1.165, 1.54) is 0 Å². The normalized spacial score (nSPS) is 16.2. The number of nitrogens with one attached hydrogen (secondary N) is 1. The first-order valence-electron chi connectivity index (χ1n) is 8.59. The van der Waals surface area contributed by atoms with E-state index in [-0.39, 0.29) is 23.6 Å². The number of amides is 2. The smallest absolute Gasteiger partial charge is 0.240 e. The lowest BCUT2D eigenvalue weighted by Crippen LogP contribution is -2.46. The maximum absolute atomic E-state index is 12.7. The summed E-state index contributed by atoms with van der Waals surface area (Å²) in [5.41, 5.74) is 1.70. The fourth-order valence-corrected chi connectivity index (χ4v) is 4.10. The Kier molecular flexibility index (Phi) is 5.83. The number of carbonyl (C=O) groups is 2. The Hall–Kier alpha value is -2.47. The lowest BCUT2D eigenvalue weighted by atomic mass is 10.2. The van der Waals surface area contributed by atoms with Crippen LogP contribution >= 0.6 is 11.8 Å². The maximum atomic E-state index is 12.7. The van der Waals surface area contributed by atoms with Crippen LogP contribution in [0.5, 0.6) is 5.75 Å². The summed E-state index contributed by atoms with van der Waals surface area (Å²) in [5, 5.41) is 2.74. The summed E-state index contributed by atoms with van der Waals surface area (Å²) in [6.07, 6.45) is 0.733. The molecule has 3 rings (SSSR count). The molecule has 1 heterocycles. The SMILES string of the molecule is CC[C@H]1Sc2ccccc2N(CC(=O)NCc2ccccc2OC)C1=O. The molecule has 0 saturated heterocycles. The second-order valence-electron chi connectivity index (χ2n) is 6.00. The maximum Gasteiger partial charge on any atom is 0.240 e. The number of nitrogens with zero attached hydrogens (tertiary/aromatic N) is 1. The van der Waals surface area contributed by atoms with Crippen molar-refractivity contribution in [2.24, 2.45) is 0 Å². The van der Waals surface area contributed by atoms with Gasteiger partial charge in [0.2, 0.25) is 11.8 Å². The van der Waals surface area contributed by atoms with Gasteiger partial charge in [-0.25, -0.2) is 0 Å².